The minimum Gasteiger partial charge on any atom is -0.369 e. The highest BCUT2D eigenvalue weighted by atomic mass is 19.4. The third-order valence-electron chi connectivity index (χ3n) is 2.64. The van der Waals surface area contributed by atoms with Gasteiger partial charge in [-0.05, 0) is 26.8 Å². The molecule has 0 saturated carbocycles. The Morgan fingerprint density at radius 1 is 1.43 bits per heavy atom. The number of piperidine rings is 1. The van der Waals surface area contributed by atoms with E-state index in [2.05, 4.69) is 4.90 Å². The van der Waals surface area contributed by atoms with Gasteiger partial charge < -0.3 is 9.64 Å². The maximum absolute atomic E-state index is 11.8. The number of nitrogens with zero attached hydrogens (tertiary/aromatic N) is 1. The lowest BCUT2D eigenvalue weighted by atomic mass is 10.0. The molecule has 84 valence electrons. The second-order valence-electron chi connectivity index (χ2n) is 3.90. The van der Waals surface area contributed by atoms with Gasteiger partial charge in [-0.25, -0.2) is 0 Å². The van der Waals surface area contributed by atoms with E-state index < -0.39 is 12.8 Å². The first-order valence-corrected chi connectivity index (χ1v) is 4.77. The zero-order valence-corrected chi connectivity index (χ0v) is 8.47. The van der Waals surface area contributed by atoms with Crippen LogP contribution in [0, 0.1) is 0 Å². The Bertz CT molecular complexity index is 183. The molecule has 0 aromatic carbocycles. The topological polar surface area (TPSA) is 12.5 Å². The van der Waals surface area contributed by atoms with Gasteiger partial charge in [0.05, 0.1) is 6.10 Å². The standard InChI is InChI=1S/C9H16F3NO/c1-7-5-8(3-4-13(7)2)14-6-9(10,11)12/h7-8H,3-6H2,1-2H3/t7-,8?/m1/s1. The summed E-state index contributed by atoms with van der Waals surface area (Å²) in [5.74, 6) is 0. The summed E-state index contributed by atoms with van der Waals surface area (Å²) in [6, 6.07) is 0.307. The fraction of sp³-hybridized carbons (Fsp3) is 1.00. The molecule has 0 amide bonds. The quantitative estimate of drug-likeness (QED) is 0.693. The minimum atomic E-state index is -4.20. The van der Waals surface area contributed by atoms with E-state index in [1.165, 1.54) is 0 Å². The van der Waals surface area contributed by atoms with Gasteiger partial charge in [0.2, 0.25) is 0 Å². The molecule has 1 rings (SSSR count). The molecular formula is C9H16F3NO. The molecule has 0 radical (unpaired) electrons. The van der Waals surface area contributed by atoms with E-state index in [0.29, 0.717) is 18.9 Å². The van der Waals surface area contributed by atoms with Crippen molar-refractivity contribution in [3.8, 4) is 0 Å². The first-order chi connectivity index (χ1) is 6.38. The molecule has 0 spiro atoms. The largest absolute Gasteiger partial charge is 0.411 e. The summed E-state index contributed by atoms with van der Waals surface area (Å²) >= 11 is 0. The fourth-order valence-electron chi connectivity index (χ4n) is 1.61. The van der Waals surface area contributed by atoms with Crippen molar-refractivity contribution in [2.45, 2.75) is 38.1 Å². The van der Waals surface area contributed by atoms with E-state index in [0.717, 1.165) is 6.54 Å². The van der Waals surface area contributed by atoms with Crippen molar-refractivity contribution in [3.63, 3.8) is 0 Å². The molecule has 1 unspecified atom stereocenters. The third kappa shape index (κ3) is 3.84. The van der Waals surface area contributed by atoms with Crippen LogP contribution in [0.25, 0.3) is 0 Å². The van der Waals surface area contributed by atoms with E-state index in [4.69, 9.17) is 4.74 Å². The highest BCUT2D eigenvalue weighted by Gasteiger charge is 2.31. The summed E-state index contributed by atoms with van der Waals surface area (Å²) in [5, 5.41) is 0. The van der Waals surface area contributed by atoms with Gasteiger partial charge in [-0.1, -0.05) is 0 Å². The zero-order valence-electron chi connectivity index (χ0n) is 8.47. The average molecular weight is 211 g/mol. The van der Waals surface area contributed by atoms with E-state index in [-0.39, 0.29) is 6.10 Å². The Labute approximate surface area is 82.0 Å². The molecule has 0 bridgehead atoms. The highest BCUT2D eigenvalue weighted by Crippen LogP contribution is 2.21. The monoisotopic (exact) mass is 211 g/mol. The number of halogens is 3. The first-order valence-electron chi connectivity index (χ1n) is 4.77. The molecule has 5 heteroatoms. The summed E-state index contributed by atoms with van der Waals surface area (Å²) in [4.78, 5) is 2.13. The van der Waals surface area contributed by atoms with Crippen molar-refractivity contribution in [3.05, 3.63) is 0 Å². The Morgan fingerprint density at radius 3 is 2.57 bits per heavy atom. The molecule has 2 nitrogen and oxygen atoms in total. The zero-order chi connectivity index (χ0) is 10.8. The van der Waals surface area contributed by atoms with Crippen molar-refractivity contribution in [2.24, 2.45) is 0 Å². The number of hydrogen-bond donors (Lipinski definition) is 0. The number of hydrogen-bond acceptors (Lipinski definition) is 2. The van der Waals surface area contributed by atoms with E-state index in [9.17, 15) is 13.2 Å². The number of rotatable bonds is 2. The molecule has 0 N–H and O–H groups in total. The van der Waals surface area contributed by atoms with Crippen LogP contribution < -0.4 is 0 Å². The highest BCUT2D eigenvalue weighted by molar-refractivity contribution is 4.77. The van der Waals surface area contributed by atoms with Crippen LogP contribution in [0.5, 0.6) is 0 Å². The van der Waals surface area contributed by atoms with Crippen molar-refractivity contribution < 1.29 is 17.9 Å². The molecule has 14 heavy (non-hydrogen) atoms. The molecule has 1 aliphatic heterocycles. The lowest BCUT2D eigenvalue weighted by Gasteiger charge is -2.34. The van der Waals surface area contributed by atoms with E-state index in [1.54, 1.807) is 0 Å². The number of ether oxygens (including phenoxy) is 1. The molecule has 2 atom stereocenters. The molecule has 1 saturated heterocycles. The van der Waals surface area contributed by atoms with Gasteiger partial charge >= 0.3 is 6.18 Å². The summed E-state index contributed by atoms with van der Waals surface area (Å²) < 4.78 is 40.4. The first kappa shape index (κ1) is 11.8. The molecule has 0 aromatic rings. The Kier molecular flexibility index (Phi) is 3.78. The molecule has 0 aliphatic carbocycles. The number of alkyl halides is 3. The van der Waals surface area contributed by atoms with Gasteiger partial charge in [0.15, 0.2) is 0 Å². The lowest BCUT2D eigenvalue weighted by molar-refractivity contribution is -0.190. The van der Waals surface area contributed by atoms with Crippen LogP contribution in [0.3, 0.4) is 0 Å². The van der Waals surface area contributed by atoms with Crippen LogP contribution in [-0.4, -0.2) is 43.4 Å². The van der Waals surface area contributed by atoms with Gasteiger partial charge in [0, 0.05) is 12.6 Å². The van der Waals surface area contributed by atoms with Crippen LogP contribution in [0.4, 0.5) is 13.2 Å². The molecule has 0 aromatic heterocycles. The van der Waals surface area contributed by atoms with Crippen molar-refractivity contribution in [2.75, 3.05) is 20.2 Å². The van der Waals surface area contributed by atoms with E-state index >= 15 is 0 Å². The normalized spacial score (nSPS) is 30.6. The SMILES string of the molecule is C[C@@H]1CC(OCC(F)(F)F)CCN1C. The van der Waals surface area contributed by atoms with E-state index in [1.807, 2.05) is 14.0 Å². The van der Waals surface area contributed by atoms with Gasteiger partial charge in [0.25, 0.3) is 0 Å². The Hall–Kier alpha value is -0.290. The van der Waals surface area contributed by atoms with Gasteiger partial charge in [-0.3, -0.25) is 0 Å². The fourth-order valence-corrected chi connectivity index (χ4v) is 1.61. The molecule has 1 heterocycles. The van der Waals surface area contributed by atoms with Crippen LogP contribution in [-0.2, 0) is 4.74 Å². The van der Waals surface area contributed by atoms with Crippen molar-refractivity contribution in [1.82, 2.24) is 4.90 Å². The van der Waals surface area contributed by atoms with Crippen molar-refractivity contribution >= 4 is 0 Å². The second kappa shape index (κ2) is 4.49. The van der Waals surface area contributed by atoms with Crippen LogP contribution in [0.1, 0.15) is 19.8 Å². The second-order valence-corrected chi connectivity index (χ2v) is 3.90. The van der Waals surface area contributed by atoms with Crippen molar-refractivity contribution in [1.29, 1.82) is 0 Å². The molecule has 1 aliphatic rings. The molecule has 1 fully saturated rings. The predicted molar refractivity (Wildman–Crippen MR) is 47.1 cm³/mol. The average Bonchev–Trinajstić information content (AvgIpc) is 2.06. The van der Waals surface area contributed by atoms with Gasteiger partial charge in [-0.15, -0.1) is 0 Å². The lowest BCUT2D eigenvalue weighted by Crippen LogP contribution is -2.41. The van der Waals surface area contributed by atoms with Crippen LogP contribution in [0.2, 0.25) is 0 Å². The Morgan fingerprint density at radius 2 is 2.07 bits per heavy atom. The van der Waals surface area contributed by atoms with Gasteiger partial charge in [-0.2, -0.15) is 13.2 Å². The smallest absolute Gasteiger partial charge is 0.369 e. The Balaban J connectivity index is 2.27. The van der Waals surface area contributed by atoms with Gasteiger partial charge in [0.1, 0.15) is 6.61 Å². The predicted octanol–water partition coefficient (Wildman–Crippen LogP) is 2.05. The summed E-state index contributed by atoms with van der Waals surface area (Å²) in [6.45, 7) is 1.70. The summed E-state index contributed by atoms with van der Waals surface area (Å²) in [7, 11) is 1.98. The summed E-state index contributed by atoms with van der Waals surface area (Å²) in [5.41, 5.74) is 0. The third-order valence-corrected chi connectivity index (χ3v) is 2.64. The maximum atomic E-state index is 11.8. The van der Waals surface area contributed by atoms with Crippen LogP contribution >= 0.6 is 0 Å². The number of likely N-dealkylation sites (tertiary alicyclic amines) is 1. The maximum Gasteiger partial charge on any atom is 0.411 e. The summed E-state index contributed by atoms with van der Waals surface area (Å²) in [6.07, 6.45) is -3.06. The van der Waals surface area contributed by atoms with Crippen LogP contribution in [0.15, 0.2) is 0 Å². The molecular weight excluding hydrogens is 195 g/mol. The minimum absolute atomic E-state index is 0.233.